The zero-order valence-corrected chi connectivity index (χ0v) is 9.21. The third kappa shape index (κ3) is 2.92. The number of anilines is 1. The highest BCUT2D eigenvalue weighted by molar-refractivity contribution is 5.47. The van der Waals surface area contributed by atoms with Gasteiger partial charge >= 0.3 is 0 Å². The van der Waals surface area contributed by atoms with Gasteiger partial charge in [0.25, 0.3) is 0 Å². The predicted molar refractivity (Wildman–Crippen MR) is 63.8 cm³/mol. The van der Waals surface area contributed by atoms with Crippen LogP contribution in [0.25, 0.3) is 0 Å². The van der Waals surface area contributed by atoms with Gasteiger partial charge in [-0.15, -0.1) is 0 Å². The van der Waals surface area contributed by atoms with Crippen LogP contribution in [0.1, 0.15) is 5.56 Å². The number of aliphatic hydroxyl groups excluding tert-OH is 1. The maximum Gasteiger partial charge on any atom is 0.245 e. The van der Waals surface area contributed by atoms with E-state index in [4.69, 9.17) is 15.6 Å². The first-order valence-electron chi connectivity index (χ1n) is 5.22. The quantitative estimate of drug-likeness (QED) is 0.830. The van der Waals surface area contributed by atoms with Gasteiger partial charge in [-0.05, 0) is 24.1 Å². The van der Waals surface area contributed by atoms with E-state index < -0.39 is 0 Å². The Morgan fingerprint density at radius 1 is 1.24 bits per heavy atom. The van der Waals surface area contributed by atoms with Crippen molar-refractivity contribution in [1.29, 1.82) is 0 Å². The summed E-state index contributed by atoms with van der Waals surface area (Å²) < 4.78 is 5.50. The highest BCUT2D eigenvalue weighted by Crippen LogP contribution is 2.23. The van der Waals surface area contributed by atoms with Crippen LogP contribution in [0, 0.1) is 0 Å². The van der Waals surface area contributed by atoms with Gasteiger partial charge < -0.3 is 15.6 Å². The number of nitrogens with two attached hydrogens (primary N) is 1. The monoisotopic (exact) mass is 231 g/mol. The van der Waals surface area contributed by atoms with Crippen molar-refractivity contribution in [2.24, 2.45) is 0 Å². The molecule has 88 valence electrons. The molecule has 0 fully saturated rings. The molecule has 5 heteroatoms. The molecule has 2 aromatic rings. The molecule has 5 nitrogen and oxygen atoms in total. The molecule has 0 aliphatic heterocycles. The maximum atomic E-state index is 8.80. The number of aromatic nitrogens is 2. The molecule has 0 aliphatic carbocycles. The number of hydrogen-bond acceptors (Lipinski definition) is 5. The first kappa shape index (κ1) is 11.3. The summed E-state index contributed by atoms with van der Waals surface area (Å²) in [5.41, 5.74) is 7.11. The van der Waals surface area contributed by atoms with Crippen molar-refractivity contribution in [1.82, 2.24) is 9.97 Å². The van der Waals surface area contributed by atoms with Crippen molar-refractivity contribution in [3.8, 4) is 11.6 Å². The topological polar surface area (TPSA) is 81.3 Å². The Bertz CT molecular complexity index is 485. The number of aliphatic hydroxyl groups is 1. The molecule has 1 heterocycles. The molecule has 17 heavy (non-hydrogen) atoms. The van der Waals surface area contributed by atoms with Crippen LogP contribution in [0.4, 0.5) is 5.69 Å². The summed E-state index contributed by atoms with van der Waals surface area (Å²) in [5.74, 6) is 0.993. The Labute approximate surface area is 98.9 Å². The van der Waals surface area contributed by atoms with Crippen molar-refractivity contribution in [3.05, 3.63) is 42.4 Å². The summed E-state index contributed by atoms with van der Waals surface area (Å²) in [4.78, 5) is 7.72. The zero-order valence-electron chi connectivity index (χ0n) is 9.21. The molecule has 3 N–H and O–H groups in total. The van der Waals surface area contributed by atoms with Crippen LogP contribution in [0.5, 0.6) is 11.6 Å². The van der Waals surface area contributed by atoms with Crippen molar-refractivity contribution in [2.45, 2.75) is 6.42 Å². The van der Waals surface area contributed by atoms with Crippen molar-refractivity contribution in [2.75, 3.05) is 12.3 Å². The van der Waals surface area contributed by atoms with Gasteiger partial charge in [-0.1, -0.05) is 12.1 Å². The second-order valence-electron chi connectivity index (χ2n) is 3.50. The highest BCUT2D eigenvalue weighted by Gasteiger charge is 2.03. The Hall–Kier alpha value is -2.14. The number of ether oxygens (including phenoxy) is 1. The average Bonchev–Trinajstić information content (AvgIpc) is 2.35. The lowest BCUT2D eigenvalue weighted by atomic mass is 10.1. The summed E-state index contributed by atoms with van der Waals surface area (Å²) in [6, 6.07) is 7.41. The molecule has 0 unspecified atom stereocenters. The fourth-order valence-electron chi connectivity index (χ4n) is 1.38. The minimum atomic E-state index is 0.138. The molecule has 2 rings (SSSR count). The third-order valence-corrected chi connectivity index (χ3v) is 2.24. The van der Waals surface area contributed by atoms with Crippen LogP contribution < -0.4 is 10.5 Å². The molecular formula is C12H13N3O2. The molecule has 0 radical (unpaired) electrons. The van der Waals surface area contributed by atoms with Gasteiger partial charge in [-0.25, -0.2) is 4.98 Å². The van der Waals surface area contributed by atoms with Crippen molar-refractivity contribution >= 4 is 5.69 Å². The van der Waals surface area contributed by atoms with E-state index in [0.717, 1.165) is 5.56 Å². The van der Waals surface area contributed by atoms with Gasteiger partial charge in [-0.2, -0.15) is 4.98 Å². The Kier molecular flexibility index (Phi) is 3.52. The van der Waals surface area contributed by atoms with E-state index >= 15 is 0 Å². The molecule has 0 saturated heterocycles. The van der Waals surface area contributed by atoms with Crippen LogP contribution >= 0.6 is 0 Å². The maximum absolute atomic E-state index is 8.80. The zero-order chi connectivity index (χ0) is 12.1. The van der Waals surface area contributed by atoms with E-state index in [9.17, 15) is 0 Å². The second kappa shape index (κ2) is 5.27. The van der Waals surface area contributed by atoms with E-state index in [0.29, 0.717) is 23.7 Å². The lowest BCUT2D eigenvalue weighted by Crippen LogP contribution is -1.96. The van der Waals surface area contributed by atoms with E-state index in [2.05, 4.69) is 9.97 Å². The number of nitrogens with zero attached hydrogens (tertiary/aromatic N) is 2. The molecule has 0 amide bonds. The molecule has 0 saturated carbocycles. The number of nitrogen functional groups attached to an aromatic ring is 1. The standard InChI is InChI=1S/C12H13N3O2/c13-11-7-14-8-15-12(11)17-10-3-1-9(2-4-10)5-6-16/h1-4,7-8,16H,5-6,13H2. The number of benzene rings is 1. The highest BCUT2D eigenvalue weighted by atomic mass is 16.5. The average molecular weight is 231 g/mol. The van der Waals surface area contributed by atoms with Gasteiger partial charge in [0.1, 0.15) is 17.8 Å². The van der Waals surface area contributed by atoms with Gasteiger partial charge in [0.2, 0.25) is 5.88 Å². The fraction of sp³-hybridized carbons (Fsp3) is 0.167. The van der Waals surface area contributed by atoms with Crippen molar-refractivity contribution in [3.63, 3.8) is 0 Å². The minimum absolute atomic E-state index is 0.138. The van der Waals surface area contributed by atoms with E-state index in [1.54, 1.807) is 0 Å². The molecule has 1 aromatic heterocycles. The first-order chi connectivity index (χ1) is 8.29. The van der Waals surface area contributed by atoms with Crippen LogP contribution in [-0.4, -0.2) is 21.7 Å². The number of hydrogen-bond donors (Lipinski definition) is 2. The van der Waals surface area contributed by atoms with Gasteiger partial charge in [0.05, 0.1) is 6.20 Å². The molecule has 1 aromatic carbocycles. The largest absolute Gasteiger partial charge is 0.437 e. The SMILES string of the molecule is Nc1cncnc1Oc1ccc(CCO)cc1. The summed E-state index contributed by atoms with van der Waals surface area (Å²) >= 11 is 0. The van der Waals surface area contributed by atoms with Gasteiger partial charge in [0, 0.05) is 6.61 Å². The molecule has 0 bridgehead atoms. The van der Waals surface area contributed by atoms with Gasteiger partial charge in [0.15, 0.2) is 0 Å². The third-order valence-electron chi connectivity index (χ3n) is 2.24. The van der Waals surface area contributed by atoms with E-state index in [-0.39, 0.29) is 6.61 Å². The van der Waals surface area contributed by atoms with Crippen LogP contribution in [0.15, 0.2) is 36.8 Å². The Balaban J connectivity index is 2.11. The smallest absolute Gasteiger partial charge is 0.245 e. The second-order valence-corrected chi connectivity index (χ2v) is 3.50. The lowest BCUT2D eigenvalue weighted by Gasteiger charge is -2.06. The Morgan fingerprint density at radius 3 is 2.65 bits per heavy atom. The minimum Gasteiger partial charge on any atom is -0.437 e. The van der Waals surface area contributed by atoms with Crippen LogP contribution in [0.2, 0.25) is 0 Å². The van der Waals surface area contributed by atoms with Crippen LogP contribution in [0.3, 0.4) is 0 Å². The first-order valence-corrected chi connectivity index (χ1v) is 5.22. The lowest BCUT2D eigenvalue weighted by molar-refractivity contribution is 0.299. The normalized spacial score (nSPS) is 10.2. The summed E-state index contributed by atoms with van der Waals surface area (Å²) in [6.07, 6.45) is 3.50. The number of rotatable bonds is 4. The van der Waals surface area contributed by atoms with E-state index in [1.165, 1.54) is 12.5 Å². The Morgan fingerprint density at radius 2 is 2.00 bits per heavy atom. The van der Waals surface area contributed by atoms with Crippen molar-refractivity contribution < 1.29 is 9.84 Å². The molecule has 0 spiro atoms. The molecular weight excluding hydrogens is 218 g/mol. The molecule has 0 atom stereocenters. The summed E-state index contributed by atoms with van der Waals surface area (Å²) in [6.45, 7) is 0.138. The van der Waals surface area contributed by atoms with Crippen LogP contribution in [-0.2, 0) is 6.42 Å². The fourth-order valence-corrected chi connectivity index (χ4v) is 1.38. The van der Waals surface area contributed by atoms with E-state index in [1.807, 2.05) is 24.3 Å². The predicted octanol–water partition coefficient (Wildman–Crippen LogP) is 1.39. The molecule has 0 aliphatic rings. The van der Waals surface area contributed by atoms with Gasteiger partial charge in [-0.3, -0.25) is 0 Å². The summed E-state index contributed by atoms with van der Waals surface area (Å²) in [5, 5.41) is 8.80. The summed E-state index contributed by atoms with van der Waals surface area (Å²) in [7, 11) is 0.